The fourth-order valence-electron chi connectivity index (χ4n) is 2.72. The van der Waals surface area contributed by atoms with Gasteiger partial charge in [0, 0.05) is 37.0 Å². The molecule has 7 heteroatoms. The second-order valence-corrected chi connectivity index (χ2v) is 6.24. The molecule has 6 nitrogen and oxygen atoms in total. The van der Waals surface area contributed by atoms with Gasteiger partial charge in [-0.25, -0.2) is 4.39 Å². The zero-order valence-corrected chi connectivity index (χ0v) is 15.0. The summed E-state index contributed by atoms with van der Waals surface area (Å²) in [5.41, 5.74) is 1.33. The summed E-state index contributed by atoms with van der Waals surface area (Å²) in [4.78, 5) is 26.5. The predicted molar refractivity (Wildman–Crippen MR) is 98.3 cm³/mol. The molecule has 0 saturated carbocycles. The van der Waals surface area contributed by atoms with Gasteiger partial charge in [0.05, 0.1) is 19.3 Å². The van der Waals surface area contributed by atoms with Gasteiger partial charge in [-0.15, -0.1) is 0 Å². The van der Waals surface area contributed by atoms with Crippen LogP contribution in [0.4, 0.5) is 10.1 Å². The zero-order valence-electron chi connectivity index (χ0n) is 15.0. The van der Waals surface area contributed by atoms with Crippen molar-refractivity contribution >= 4 is 17.5 Å². The second kappa shape index (κ2) is 8.75. The Kier molecular flexibility index (Phi) is 6.16. The van der Waals surface area contributed by atoms with Crippen molar-refractivity contribution in [3.63, 3.8) is 0 Å². The molecule has 3 rings (SSSR count). The third kappa shape index (κ3) is 4.90. The predicted octanol–water partition coefficient (Wildman–Crippen LogP) is 2.57. The van der Waals surface area contributed by atoms with Crippen LogP contribution in [0.3, 0.4) is 0 Å². The molecule has 2 aromatic carbocycles. The molecule has 2 amide bonds. The van der Waals surface area contributed by atoms with Crippen molar-refractivity contribution in [2.45, 2.75) is 6.10 Å². The topological polar surface area (TPSA) is 67.9 Å². The minimum Gasteiger partial charge on any atom is -0.382 e. The Balaban J connectivity index is 1.56. The highest BCUT2D eigenvalue weighted by molar-refractivity contribution is 6.05. The first-order valence-corrected chi connectivity index (χ1v) is 8.63. The normalized spacial score (nSPS) is 13.9. The molecule has 0 unspecified atom stereocenters. The van der Waals surface area contributed by atoms with Gasteiger partial charge in [0.15, 0.2) is 0 Å². The minimum absolute atomic E-state index is 0.0328. The Labute approximate surface area is 156 Å². The average molecular weight is 372 g/mol. The highest BCUT2D eigenvalue weighted by Gasteiger charge is 2.31. The van der Waals surface area contributed by atoms with Gasteiger partial charge < -0.3 is 19.7 Å². The van der Waals surface area contributed by atoms with Crippen molar-refractivity contribution < 1.29 is 23.5 Å². The van der Waals surface area contributed by atoms with E-state index in [1.54, 1.807) is 36.3 Å². The molecule has 0 aromatic heterocycles. The Hall–Kier alpha value is -2.77. The number of hydrogen-bond acceptors (Lipinski definition) is 4. The lowest BCUT2D eigenvalue weighted by atomic mass is 10.1. The standard InChI is InChI=1S/C20H21FN2O4/c1-26-9-10-27-18-12-23(13-18)20(25)15-3-2-4-17(11-15)22-19(24)14-5-7-16(21)8-6-14/h2-8,11,18H,9-10,12-13H2,1H3,(H,22,24). The molecule has 0 radical (unpaired) electrons. The number of ether oxygens (including phenoxy) is 2. The van der Waals surface area contributed by atoms with Crippen molar-refractivity contribution in [3.8, 4) is 0 Å². The summed E-state index contributed by atoms with van der Waals surface area (Å²) >= 11 is 0. The van der Waals surface area contributed by atoms with E-state index < -0.39 is 5.82 Å². The minimum atomic E-state index is -0.404. The Morgan fingerprint density at radius 1 is 1.11 bits per heavy atom. The van der Waals surface area contributed by atoms with Crippen molar-refractivity contribution in [1.29, 1.82) is 0 Å². The van der Waals surface area contributed by atoms with Crippen molar-refractivity contribution in [2.24, 2.45) is 0 Å². The lowest BCUT2D eigenvalue weighted by Crippen LogP contribution is -2.55. The van der Waals surface area contributed by atoms with Crippen LogP contribution in [0.1, 0.15) is 20.7 Å². The summed E-state index contributed by atoms with van der Waals surface area (Å²) in [5.74, 6) is -0.882. The summed E-state index contributed by atoms with van der Waals surface area (Å²) in [7, 11) is 1.61. The number of carbonyl (C=O) groups excluding carboxylic acids is 2. The van der Waals surface area contributed by atoms with Gasteiger partial charge >= 0.3 is 0 Å². The fourth-order valence-corrected chi connectivity index (χ4v) is 2.72. The number of likely N-dealkylation sites (tertiary alicyclic amines) is 1. The van der Waals surface area contributed by atoms with E-state index >= 15 is 0 Å². The van der Waals surface area contributed by atoms with Crippen LogP contribution >= 0.6 is 0 Å². The van der Waals surface area contributed by atoms with Gasteiger partial charge in [-0.1, -0.05) is 6.07 Å². The number of nitrogens with one attached hydrogen (secondary N) is 1. The number of halogens is 1. The molecule has 1 N–H and O–H groups in total. The van der Waals surface area contributed by atoms with E-state index in [9.17, 15) is 14.0 Å². The molecule has 0 spiro atoms. The number of hydrogen-bond donors (Lipinski definition) is 1. The summed E-state index contributed by atoms with van der Waals surface area (Å²) in [6.07, 6.45) is 0.0328. The van der Waals surface area contributed by atoms with Crippen LogP contribution in [0, 0.1) is 5.82 Å². The first-order valence-electron chi connectivity index (χ1n) is 8.63. The quantitative estimate of drug-likeness (QED) is 0.759. The lowest BCUT2D eigenvalue weighted by Gasteiger charge is -2.39. The molecule has 1 aliphatic rings. The molecule has 1 aliphatic heterocycles. The first-order chi connectivity index (χ1) is 13.1. The van der Waals surface area contributed by atoms with Crippen LogP contribution in [0.25, 0.3) is 0 Å². The molecule has 1 saturated heterocycles. The lowest BCUT2D eigenvalue weighted by molar-refractivity contribution is -0.0554. The number of amides is 2. The van der Waals surface area contributed by atoms with E-state index in [0.717, 1.165) is 0 Å². The monoisotopic (exact) mass is 372 g/mol. The van der Waals surface area contributed by atoms with Crippen LogP contribution in [-0.4, -0.2) is 56.2 Å². The van der Waals surface area contributed by atoms with E-state index in [0.29, 0.717) is 43.1 Å². The van der Waals surface area contributed by atoms with Crippen LogP contribution in [0.15, 0.2) is 48.5 Å². The molecule has 0 atom stereocenters. The van der Waals surface area contributed by atoms with Gasteiger partial charge in [-0.2, -0.15) is 0 Å². The molecule has 1 fully saturated rings. The Bertz CT molecular complexity index is 804. The van der Waals surface area contributed by atoms with Gasteiger partial charge in [0.25, 0.3) is 11.8 Å². The fraction of sp³-hybridized carbons (Fsp3) is 0.300. The summed E-state index contributed by atoms with van der Waals surface area (Å²) in [6, 6.07) is 12.0. The molecule has 0 bridgehead atoms. The van der Waals surface area contributed by atoms with E-state index in [2.05, 4.69) is 5.32 Å². The number of carbonyl (C=O) groups is 2. The van der Waals surface area contributed by atoms with E-state index in [1.807, 2.05) is 0 Å². The maximum atomic E-state index is 13.0. The van der Waals surface area contributed by atoms with Crippen molar-refractivity contribution in [2.75, 3.05) is 38.7 Å². The van der Waals surface area contributed by atoms with Crippen molar-refractivity contribution in [1.82, 2.24) is 4.90 Å². The van der Waals surface area contributed by atoms with E-state index in [4.69, 9.17) is 9.47 Å². The van der Waals surface area contributed by atoms with Crippen molar-refractivity contribution in [3.05, 3.63) is 65.5 Å². The highest BCUT2D eigenvalue weighted by Crippen LogP contribution is 2.19. The maximum Gasteiger partial charge on any atom is 0.255 e. The number of nitrogens with zero attached hydrogens (tertiary/aromatic N) is 1. The number of anilines is 1. The molecule has 2 aromatic rings. The van der Waals surface area contributed by atoms with Crippen LogP contribution in [0.5, 0.6) is 0 Å². The van der Waals surface area contributed by atoms with Gasteiger partial charge in [0.2, 0.25) is 0 Å². The van der Waals surface area contributed by atoms with Crippen LogP contribution < -0.4 is 5.32 Å². The van der Waals surface area contributed by atoms with E-state index in [-0.39, 0.29) is 17.9 Å². The van der Waals surface area contributed by atoms with Crippen LogP contribution in [-0.2, 0) is 9.47 Å². The highest BCUT2D eigenvalue weighted by atomic mass is 19.1. The number of methoxy groups -OCH3 is 1. The summed E-state index contributed by atoms with van der Waals surface area (Å²) in [5, 5.41) is 2.72. The maximum absolute atomic E-state index is 13.0. The third-order valence-corrected chi connectivity index (χ3v) is 4.25. The average Bonchev–Trinajstić information content (AvgIpc) is 2.64. The number of benzene rings is 2. The molecule has 27 heavy (non-hydrogen) atoms. The van der Waals surface area contributed by atoms with Crippen LogP contribution in [0.2, 0.25) is 0 Å². The first kappa shape index (κ1) is 19.0. The zero-order chi connectivity index (χ0) is 19.2. The largest absolute Gasteiger partial charge is 0.382 e. The van der Waals surface area contributed by atoms with Gasteiger partial charge in [-0.3, -0.25) is 9.59 Å². The summed E-state index contributed by atoms with van der Waals surface area (Å²) < 4.78 is 23.5. The molecule has 0 aliphatic carbocycles. The Morgan fingerprint density at radius 3 is 2.56 bits per heavy atom. The second-order valence-electron chi connectivity index (χ2n) is 6.24. The SMILES string of the molecule is COCCOC1CN(C(=O)c2cccc(NC(=O)c3ccc(F)cc3)c2)C1. The summed E-state index contributed by atoms with van der Waals surface area (Å²) in [6.45, 7) is 2.11. The Morgan fingerprint density at radius 2 is 1.85 bits per heavy atom. The van der Waals surface area contributed by atoms with Gasteiger partial charge in [0.1, 0.15) is 5.82 Å². The molecule has 1 heterocycles. The third-order valence-electron chi connectivity index (χ3n) is 4.25. The van der Waals surface area contributed by atoms with E-state index in [1.165, 1.54) is 24.3 Å². The molecular weight excluding hydrogens is 351 g/mol. The molecule has 142 valence electrons. The smallest absolute Gasteiger partial charge is 0.255 e. The van der Waals surface area contributed by atoms with Gasteiger partial charge in [-0.05, 0) is 42.5 Å². The number of rotatable bonds is 7. The molecular formula is C20H21FN2O4.